The second kappa shape index (κ2) is 8.04. The van der Waals surface area contributed by atoms with Gasteiger partial charge in [0.25, 0.3) is 0 Å². The van der Waals surface area contributed by atoms with Gasteiger partial charge in [0, 0.05) is 19.1 Å². The van der Waals surface area contributed by atoms with Crippen molar-refractivity contribution in [3.63, 3.8) is 0 Å². The van der Waals surface area contributed by atoms with E-state index in [0.717, 1.165) is 19.1 Å². The third-order valence-corrected chi connectivity index (χ3v) is 3.56. The number of nitrogens with two attached hydrogens (primary N) is 1. The van der Waals surface area contributed by atoms with E-state index in [-0.39, 0.29) is 0 Å². The molecule has 0 aromatic rings. The van der Waals surface area contributed by atoms with Crippen LogP contribution in [-0.2, 0) is 0 Å². The van der Waals surface area contributed by atoms with E-state index in [1.165, 1.54) is 51.6 Å². The van der Waals surface area contributed by atoms with Crippen LogP contribution in [0.2, 0.25) is 0 Å². The van der Waals surface area contributed by atoms with E-state index in [1.54, 1.807) is 0 Å². The lowest BCUT2D eigenvalue weighted by Gasteiger charge is -2.34. The lowest BCUT2D eigenvalue weighted by atomic mass is 9.94. The van der Waals surface area contributed by atoms with E-state index in [9.17, 15) is 0 Å². The second-order valence-electron chi connectivity index (χ2n) is 5.27. The highest BCUT2D eigenvalue weighted by molar-refractivity contribution is 4.76. The highest BCUT2D eigenvalue weighted by Crippen LogP contribution is 2.22. The summed E-state index contributed by atoms with van der Waals surface area (Å²) in [6, 6.07) is 0.819. The summed E-state index contributed by atoms with van der Waals surface area (Å²) in [4.78, 5) is 4.89. The van der Waals surface area contributed by atoms with E-state index in [2.05, 4.69) is 23.9 Å². The smallest absolute Gasteiger partial charge is 0.0108 e. The molecule has 0 radical (unpaired) electrons. The lowest BCUT2D eigenvalue weighted by Crippen LogP contribution is -2.41. The molecule has 3 nitrogen and oxygen atoms in total. The molecule has 1 aliphatic carbocycles. The van der Waals surface area contributed by atoms with Crippen molar-refractivity contribution in [2.24, 2.45) is 5.73 Å². The zero-order valence-electron chi connectivity index (χ0n) is 11.1. The van der Waals surface area contributed by atoms with Gasteiger partial charge in [0.1, 0.15) is 0 Å². The van der Waals surface area contributed by atoms with E-state index in [0.29, 0.717) is 0 Å². The molecule has 0 amide bonds. The predicted octanol–water partition coefficient (Wildman–Crippen LogP) is 1.53. The third-order valence-electron chi connectivity index (χ3n) is 3.56. The molecule has 2 N–H and O–H groups in total. The second-order valence-corrected chi connectivity index (χ2v) is 5.27. The van der Waals surface area contributed by atoms with E-state index in [4.69, 9.17) is 5.73 Å². The van der Waals surface area contributed by atoms with Gasteiger partial charge in [-0.2, -0.15) is 0 Å². The molecule has 3 heteroatoms. The van der Waals surface area contributed by atoms with Crippen molar-refractivity contribution in [2.45, 2.75) is 44.6 Å². The molecule has 0 aromatic carbocycles. The first-order chi connectivity index (χ1) is 7.74. The largest absolute Gasteiger partial charge is 0.329 e. The summed E-state index contributed by atoms with van der Waals surface area (Å²) < 4.78 is 0. The average molecular weight is 227 g/mol. The maximum atomic E-state index is 5.72. The molecule has 96 valence electrons. The predicted molar refractivity (Wildman–Crippen MR) is 70.7 cm³/mol. The summed E-state index contributed by atoms with van der Waals surface area (Å²) in [5, 5.41) is 0. The van der Waals surface area contributed by atoms with Gasteiger partial charge in [0.15, 0.2) is 0 Å². The first-order valence-electron chi connectivity index (χ1n) is 6.83. The third kappa shape index (κ3) is 5.28. The maximum absolute atomic E-state index is 5.72. The Morgan fingerprint density at radius 2 is 1.69 bits per heavy atom. The van der Waals surface area contributed by atoms with Crippen molar-refractivity contribution in [1.29, 1.82) is 0 Å². The zero-order valence-corrected chi connectivity index (χ0v) is 11.1. The highest BCUT2D eigenvalue weighted by Gasteiger charge is 2.19. The van der Waals surface area contributed by atoms with Crippen molar-refractivity contribution >= 4 is 0 Å². The molecule has 0 saturated heterocycles. The molecule has 0 bridgehead atoms. The van der Waals surface area contributed by atoms with Gasteiger partial charge in [-0.15, -0.1) is 0 Å². The summed E-state index contributed by atoms with van der Waals surface area (Å²) >= 11 is 0. The van der Waals surface area contributed by atoms with E-state index >= 15 is 0 Å². The minimum Gasteiger partial charge on any atom is -0.329 e. The first kappa shape index (κ1) is 13.9. The fraction of sp³-hybridized carbons (Fsp3) is 1.00. The van der Waals surface area contributed by atoms with Gasteiger partial charge >= 0.3 is 0 Å². The van der Waals surface area contributed by atoms with Crippen molar-refractivity contribution < 1.29 is 0 Å². The Labute approximate surface area is 101 Å². The Kier molecular flexibility index (Phi) is 7.01. The van der Waals surface area contributed by atoms with E-state index in [1.807, 2.05) is 0 Å². The molecule has 1 saturated carbocycles. The maximum Gasteiger partial charge on any atom is 0.0108 e. The molecule has 16 heavy (non-hydrogen) atoms. The zero-order chi connectivity index (χ0) is 11.8. The van der Waals surface area contributed by atoms with Crippen LogP contribution >= 0.6 is 0 Å². The molecule has 1 aliphatic rings. The van der Waals surface area contributed by atoms with Crippen molar-refractivity contribution in [3.05, 3.63) is 0 Å². The van der Waals surface area contributed by atoms with Gasteiger partial charge in [0.05, 0.1) is 0 Å². The minimum absolute atomic E-state index is 0.804. The molecule has 0 unspecified atom stereocenters. The topological polar surface area (TPSA) is 32.5 Å². The Balaban J connectivity index is 2.27. The van der Waals surface area contributed by atoms with Crippen LogP contribution in [0.4, 0.5) is 0 Å². The summed E-state index contributed by atoms with van der Waals surface area (Å²) in [6.45, 7) is 4.30. The van der Waals surface area contributed by atoms with Gasteiger partial charge in [-0.1, -0.05) is 19.3 Å². The number of hydrogen-bond donors (Lipinski definition) is 1. The van der Waals surface area contributed by atoms with Gasteiger partial charge < -0.3 is 10.6 Å². The summed E-state index contributed by atoms with van der Waals surface area (Å²) in [7, 11) is 4.29. The summed E-state index contributed by atoms with van der Waals surface area (Å²) in [5.41, 5.74) is 5.72. The minimum atomic E-state index is 0.804. The first-order valence-corrected chi connectivity index (χ1v) is 6.83. The van der Waals surface area contributed by atoms with Crippen LogP contribution in [0.25, 0.3) is 0 Å². The van der Waals surface area contributed by atoms with Crippen LogP contribution in [0.15, 0.2) is 0 Å². The highest BCUT2D eigenvalue weighted by atomic mass is 15.2. The molecular formula is C13H29N3. The Hall–Kier alpha value is -0.120. The normalized spacial score (nSPS) is 18.6. The fourth-order valence-corrected chi connectivity index (χ4v) is 2.68. The quantitative estimate of drug-likeness (QED) is 0.716. The molecule has 1 fully saturated rings. The molecule has 0 aromatic heterocycles. The Morgan fingerprint density at radius 3 is 2.25 bits per heavy atom. The molecule has 1 rings (SSSR count). The number of hydrogen-bond acceptors (Lipinski definition) is 3. The van der Waals surface area contributed by atoms with Crippen LogP contribution in [0.3, 0.4) is 0 Å². The number of nitrogens with zero attached hydrogens (tertiary/aromatic N) is 2. The van der Waals surface area contributed by atoms with Crippen LogP contribution in [0, 0.1) is 0 Å². The Morgan fingerprint density at radius 1 is 1.00 bits per heavy atom. The van der Waals surface area contributed by atoms with Gasteiger partial charge in [-0.25, -0.2) is 0 Å². The van der Waals surface area contributed by atoms with Crippen molar-refractivity contribution in [1.82, 2.24) is 9.80 Å². The molecule has 0 atom stereocenters. The van der Waals surface area contributed by atoms with Crippen molar-refractivity contribution in [2.75, 3.05) is 40.3 Å². The summed E-state index contributed by atoms with van der Waals surface area (Å²) in [5.74, 6) is 0. The standard InChI is InChI=1S/C13H29N3/c1-15(2)10-6-11-16(12-9-14)13-7-4-3-5-8-13/h13H,3-12,14H2,1-2H3. The van der Waals surface area contributed by atoms with Crippen LogP contribution in [0.1, 0.15) is 38.5 Å². The lowest BCUT2D eigenvalue weighted by molar-refractivity contribution is 0.154. The van der Waals surface area contributed by atoms with E-state index < -0.39 is 0 Å². The monoisotopic (exact) mass is 227 g/mol. The van der Waals surface area contributed by atoms with Crippen LogP contribution < -0.4 is 5.73 Å². The summed E-state index contributed by atoms with van der Waals surface area (Å²) in [6.07, 6.45) is 8.32. The van der Waals surface area contributed by atoms with Crippen LogP contribution in [0.5, 0.6) is 0 Å². The van der Waals surface area contributed by atoms with Gasteiger partial charge in [-0.05, 0) is 46.4 Å². The Bertz CT molecular complexity index is 165. The van der Waals surface area contributed by atoms with Gasteiger partial charge in [-0.3, -0.25) is 4.90 Å². The van der Waals surface area contributed by atoms with Gasteiger partial charge in [0.2, 0.25) is 0 Å². The molecule has 0 aliphatic heterocycles. The number of rotatable bonds is 7. The van der Waals surface area contributed by atoms with Crippen molar-refractivity contribution in [3.8, 4) is 0 Å². The molecular weight excluding hydrogens is 198 g/mol. The fourth-order valence-electron chi connectivity index (χ4n) is 2.68. The molecule has 0 spiro atoms. The average Bonchev–Trinajstić information content (AvgIpc) is 2.29. The van der Waals surface area contributed by atoms with Crippen LogP contribution in [-0.4, -0.2) is 56.1 Å². The SMILES string of the molecule is CN(C)CCCN(CCN)C1CCCCC1. The molecule has 0 heterocycles.